The molecule has 0 fully saturated rings. The molecule has 2 aromatic carbocycles. The minimum atomic E-state index is 0.434. The molecule has 0 spiro atoms. The van der Waals surface area contributed by atoms with Gasteiger partial charge in [-0.05, 0) is 42.8 Å². The molecule has 0 bridgehead atoms. The standard InChI is InChI=1S/C16H17Cl2NO/c1-2-9-19-11-12-5-3-6-13(10-12)20-15-8-4-7-14(17)16(15)18/h3-8,10,19H,2,9,11H2,1H3. The van der Waals surface area contributed by atoms with E-state index in [-0.39, 0.29) is 0 Å². The van der Waals surface area contributed by atoms with Crippen molar-refractivity contribution in [3.63, 3.8) is 0 Å². The van der Waals surface area contributed by atoms with E-state index in [1.54, 1.807) is 12.1 Å². The van der Waals surface area contributed by atoms with Crippen molar-refractivity contribution in [2.45, 2.75) is 19.9 Å². The summed E-state index contributed by atoms with van der Waals surface area (Å²) in [6.07, 6.45) is 1.12. The zero-order chi connectivity index (χ0) is 14.4. The first-order valence-corrected chi connectivity index (χ1v) is 7.38. The molecule has 0 saturated carbocycles. The quantitative estimate of drug-likeness (QED) is 0.732. The molecular weight excluding hydrogens is 293 g/mol. The fourth-order valence-electron chi connectivity index (χ4n) is 1.82. The van der Waals surface area contributed by atoms with Crippen LogP contribution in [0.3, 0.4) is 0 Å². The van der Waals surface area contributed by atoms with E-state index in [9.17, 15) is 0 Å². The normalized spacial score (nSPS) is 10.6. The second kappa shape index (κ2) is 7.53. The summed E-state index contributed by atoms with van der Waals surface area (Å²) < 4.78 is 5.79. The highest BCUT2D eigenvalue weighted by Gasteiger charge is 2.06. The molecule has 2 nitrogen and oxygen atoms in total. The zero-order valence-corrected chi connectivity index (χ0v) is 12.8. The van der Waals surface area contributed by atoms with Gasteiger partial charge < -0.3 is 10.1 Å². The summed E-state index contributed by atoms with van der Waals surface area (Å²) in [6, 6.07) is 13.3. The van der Waals surface area contributed by atoms with E-state index < -0.39 is 0 Å². The second-order valence-corrected chi connectivity index (χ2v) is 5.26. The summed E-state index contributed by atoms with van der Waals surface area (Å²) in [5, 5.41) is 4.28. The molecule has 1 N–H and O–H groups in total. The van der Waals surface area contributed by atoms with Crippen LogP contribution in [0.15, 0.2) is 42.5 Å². The monoisotopic (exact) mass is 309 g/mol. The number of ether oxygens (including phenoxy) is 1. The van der Waals surface area contributed by atoms with Crippen LogP contribution in [0.1, 0.15) is 18.9 Å². The maximum Gasteiger partial charge on any atom is 0.147 e. The Labute approximate surface area is 129 Å². The summed E-state index contributed by atoms with van der Waals surface area (Å²) in [7, 11) is 0. The smallest absolute Gasteiger partial charge is 0.147 e. The lowest BCUT2D eigenvalue weighted by atomic mass is 10.2. The van der Waals surface area contributed by atoms with Crippen LogP contribution in [0.25, 0.3) is 0 Å². The van der Waals surface area contributed by atoms with Crippen molar-refractivity contribution < 1.29 is 4.74 Å². The van der Waals surface area contributed by atoms with Gasteiger partial charge in [0, 0.05) is 6.54 Å². The molecule has 0 aliphatic heterocycles. The molecule has 2 rings (SSSR count). The average molecular weight is 310 g/mol. The van der Waals surface area contributed by atoms with Crippen molar-refractivity contribution in [2.24, 2.45) is 0 Å². The topological polar surface area (TPSA) is 21.3 Å². The zero-order valence-electron chi connectivity index (χ0n) is 11.3. The van der Waals surface area contributed by atoms with Crippen LogP contribution in [0.2, 0.25) is 10.0 Å². The van der Waals surface area contributed by atoms with Crippen LogP contribution in [-0.4, -0.2) is 6.54 Å². The van der Waals surface area contributed by atoms with Crippen LogP contribution >= 0.6 is 23.2 Å². The Kier molecular flexibility index (Phi) is 5.72. The Bertz CT molecular complexity index is 572. The Hall–Kier alpha value is -1.22. The van der Waals surface area contributed by atoms with Gasteiger partial charge >= 0.3 is 0 Å². The van der Waals surface area contributed by atoms with Crippen LogP contribution in [0.5, 0.6) is 11.5 Å². The molecule has 0 aliphatic rings. The Morgan fingerprint density at radius 3 is 2.70 bits per heavy atom. The Morgan fingerprint density at radius 1 is 1.10 bits per heavy atom. The summed E-state index contributed by atoms with van der Waals surface area (Å²) in [6.45, 7) is 3.98. The first kappa shape index (κ1) is 15.2. The van der Waals surface area contributed by atoms with Gasteiger partial charge in [-0.25, -0.2) is 0 Å². The van der Waals surface area contributed by atoms with E-state index in [4.69, 9.17) is 27.9 Å². The highest BCUT2D eigenvalue weighted by molar-refractivity contribution is 6.42. The summed E-state index contributed by atoms with van der Waals surface area (Å²) in [4.78, 5) is 0. The molecule has 2 aromatic rings. The molecule has 106 valence electrons. The number of nitrogens with one attached hydrogen (secondary N) is 1. The molecule has 0 unspecified atom stereocenters. The van der Waals surface area contributed by atoms with Gasteiger partial charge in [-0.1, -0.05) is 48.3 Å². The maximum absolute atomic E-state index is 6.12. The second-order valence-electron chi connectivity index (χ2n) is 4.48. The molecule has 0 aromatic heterocycles. The fraction of sp³-hybridized carbons (Fsp3) is 0.250. The Balaban J connectivity index is 2.09. The average Bonchev–Trinajstić information content (AvgIpc) is 2.45. The van der Waals surface area contributed by atoms with E-state index in [1.807, 2.05) is 24.3 Å². The summed E-state index contributed by atoms with van der Waals surface area (Å²) in [5.74, 6) is 1.32. The third kappa shape index (κ3) is 4.14. The highest BCUT2D eigenvalue weighted by Crippen LogP contribution is 2.34. The van der Waals surface area contributed by atoms with Gasteiger partial charge in [0.05, 0.1) is 5.02 Å². The van der Waals surface area contributed by atoms with Gasteiger partial charge in [-0.15, -0.1) is 0 Å². The molecule has 0 saturated heterocycles. The number of rotatable bonds is 6. The molecular formula is C16H17Cl2NO. The molecule has 0 atom stereocenters. The first-order valence-electron chi connectivity index (χ1n) is 6.62. The molecule has 0 heterocycles. The SMILES string of the molecule is CCCNCc1cccc(Oc2cccc(Cl)c2Cl)c1. The molecule has 0 radical (unpaired) electrons. The predicted octanol–water partition coefficient (Wildman–Crippen LogP) is 5.29. The third-order valence-corrected chi connectivity index (χ3v) is 3.60. The van der Waals surface area contributed by atoms with E-state index in [2.05, 4.69) is 18.3 Å². The van der Waals surface area contributed by atoms with Gasteiger partial charge in [0.15, 0.2) is 0 Å². The van der Waals surface area contributed by atoms with Crippen molar-refractivity contribution in [2.75, 3.05) is 6.54 Å². The largest absolute Gasteiger partial charge is 0.456 e. The predicted molar refractivity (Wildman–Crippen MR) is 85.0 cm³/mol. The van der Waals surface area contributed by atoms with Gasteiger partial charge in [0.25, 0.3) is 0 Å². The van der Waals surface area contributed by atoms with Crippen molar-refractivity contribution in [3.8, 4) is 11.5 Å². The maximum atomic E-state index is 6.12. The van der Waals surface area contributed by atoms with Crippen molar-refractivity contribution in [3.05, 3.63) is 58.1 Å². The lowest BCUT2D eigenvalue weighted by Gasteiger charge is -2.10. The van der Waals surface area contributed by atoms with Crippen LogP contribution in [0.4, 0.5) is 0 Å². The fourth-order valence-corrected chi connectivity index (χ4v) is 2.15. The van der Waals surface area contributed by atoms with Gasteiger partial charge in [0.2, 0.25) is 0 Å². The van der Waals surface area contributed by atoms with Crippen LogP contribution < -0.4 is 10.1 Å². The molecule has 4 heteroatoms. The minimum Gasteiger partial charge on any atom is -0.456 e. The Morgan fingerprint density at radius 2 is 1.90 bits per heavy atom. The summed E-state index contributed by atoms with van der Waals surface area (Å²) in [5.41, 5.74) is 1.18. The van der Waals surface area contributed by atoms with Crippen LogP contribution in [0, 0.1) is 0 Å². The number of hydrogen-bond donors (Lipinski definition) is 1. The van der Waals surface area contributed by atoms with Crippen LogP contribution in [-0.2, 0) is 6.54 Å². The lowest BCUT2D eigenvalue weighted by molar-refractivity contribution is 0.482. The highest BCUT2D eigenvalue weighted by atomic mass is 35.5. The van der Waals surface area contributed by atoms with Gasteiger partial charge in [-0.2, -0.15) is 0 Å². The molecule has 0 aliphatic carbocycles. The lowest BCUT2D eigenvalue weighted by Crippen LogP contribution is -2.13. The number of halogens is 2. The minimum absolute atomic E-state index is 0.434. The van der Waals surface area contributed by atoms with E-state index >= 15 is 0 Å². The van der Waals surface area contributed by atoms with E-state index in [1.165, 1.54) is 5.56 Å². The molecule has 0 amide bonds. The summed E-state index contributed by atoms with van der Waals surface area (Å²) >= 11 is 12.1. The first-order chi connectivity index (χ1) is 9.70. The molecule has 20 heavy (non-hydrogen) atoms. The van der Waals surface area contributed by atoms with Crippen molar-refractivity contribution in [1.29, 1.82) is 0 Å². The van der Waals surface area contributed by atoms with Gasteiger partial charge in [-0.3, -0.25) is 0 Å². The van der Waals surface area contributed by atoms with Crippen molar-refractivity contribution in [1.82, 2.24) is 5.32 Å². The van der Waals surface area contributed by atoms with Gasteiger partial charge in [0.1, 0.15) is 16.5 Å². The van der Waals surface area contributed by atoms with Crippen molar-refractivity contribution >= 4 is 23.2 Å². The van der Waals surface area contributed by atoms with E-state index in [0.717, 1.165) is 25.3 Å². The number of hydrogen-bond acceptors (Lipinski definition) is 2. The number of benzene rings is 2. The third-order valence-electron chi connectivity index (χ3n) is 2.80. The van der Waals surface area contributed by atoms with E-state index in [0.29, 0.717) is 15.8 Å².